The van der Waals surface area contributed by atoms with Gasteiger partial charge in [0.15, 0.2) is 18.1 Å². The van der Waals surface area contributed by atoms with Gasteiger partial charge < -0.3 is 20.1 Å². The van der Waals surface area contributed by atoms with E-state index in [4.69, 9.17) is 9.47 Å². The van der Waals surface area contributed by atoms with Crippen molar-refractivity contribution in [3.05, 3.63) is 59.9 Å². The number of hydrogen-bond donors (Lipinski definition) is 2. The zero-order valence-electron chi connectivity index (χ0n) is 16.1. The van der Waals surface area contributed by atoms with Crippen LogP contribution in [0.4, 0.5) is 10.1 Å². The fourth-order valence-electron chi connectivity index (χ4n) is 2.60. The number of nitrogens with one attached hydrogen (secondary N) is 2. The average Bonchev–Trinajstić information content (AvgIpc) is 3.52. The molecule has 0 spiro atoms. The van der Waals surface area contributed by atoms with Crippen molar-refractivity contribution in [3.8, 4) is 11.5 Å². The van der Waals surface area contributed by atoms with Crippen LogP contribution in [0.5, 0.6) is 11.5 Å². The summed E-state index contributed by atoms with van der Waals surface area (Å²) in [7, 11) is 1.50. The number of amides is 2. The lowest BCUT2D eigenvalue weighted by Crippen LogP contribution is -2.30. The number of anilines is 1. The monoisotopic (exact) mass is 398 g/mol. The molecular weight excluding hydrogens is 375 g/mol. The molecule has 7 heteroatoms. The van der Waals surface area contributed by atoms with E-state index in [0.29, 0.717) is 17.2 Å². The maximum Gasteiger partial charge on any atom is 0.258 e. The molecule has 3 rings (SSSR count). The molecular formula is C22H23FN2O4. The Kier molecular flexibility index (Phi) is 6.84. The van der Waals surface area contributed by atoms with Crippen LogP contribution >= 0.6 is 0 Å². The van der Waals surface area contributed by atoms with Crippen LogP contribution in [-0.4, -0.2) is 31.6 Å². The third-order valence-electron chi connectivity index (χ3n) is 4.23. The molecule has 1 fully saturated rings. The highest BCUT2D eigenvalue weighted by Gasteiger charge is 2.23. The molecule has 2 aromatic rings. The smallest absolute Gasteiger partial charge is 0.258 e. The first-order chi connectivity index (χ1) is 14.0. The van der Waals surface area contributed by atoms with Gasteiger partial charge in [-0.3, -0.25) is 9.59 Å². The normalized spacial score (nSPS) is 13.2. The molecule has 0 heterocycles. The van der Waals surface area contributed by atoms with Crippen LogP contribution in [0.2, 0.25) is 0 Å². The first kappa shape index (κ1) is 20.4. The SMILES string of the molecule is COc1ccc(NC(=O)C/C=C\c2ccc(F)cc2)cc1OCC(=O)NC1CC1. The minimum absolute atomic E-state index is 0.120. The Labute approximate surface area is 168 Å². The standard InChI is InChI=1S/C22H23FN2O4/c1-28-19-12-11-18(13-20(19)29-14-22(27)24-17-9-10-17)25-21(26)4-2-3-15-5-7-16(23)8-6-15/h2-3,5-8,11-13,17H,4,9-10,14H2,1H3,(H,24,27)(H,25,26)/b3-2-. The second-order valence-corrected chi connectivity index (χ2v) is 6.70. The van der Waals surface area contributed by atoms with Crippen molar-refractivity contribution in [1.82, 2.24) is 5.32 Å². The molecule has 0 atom stereocenters. The van der Waals surface area contributed by atoms with Gasteiger partial charge in [-0.15, -0.1) is 0 Å². The summed E-state index contributed by atoms with van der Waals surface area (Å²) in [6.07, 6.45) is 5.62. The zero-order valence-corrected chi connectivity index (χ0v) is 16.1. The molecule has 2 N–H and O–H groups in total. The minimum atomic E-state index is -0.303. The molecule has 152 valence electrons. The van der Waals surface area contributed by atoms with Crippen LogP contribution in [0, 0.1) is 5.82 Å². The van der Waals surface area contributed by atoms with Crippen molar-refractivity contribution in [2.45, 2.75) is 25.3 Å². The van der Waals surface area contributed by atoms with Crippen LogP contribution in [0.1, 0.15) is 24.8 Å². The highest BCUT2D eigenvalue weighted by Crippen LogP contribution is 2.30. The molecule has 1 aliphatic rings. The van der Waals surface area contributed by atoms with Crippen molar-refractivity contribution in [2.75, 3.05) is 19.0 Å². The number of rotatable bonds is 9. The molecule has 0 radical (unpaired) electrons. The van der Waals surface area contributed by atoms with Gasteiger partial charge in [0.1, 0.15) is 5.82 Å². The number of halogens is 1. The van der Waals surface area contributed by atoms with E-state index < -0.39 is 0 Å². The fourth-order valence-corrected chi connectivity index (χ4v) is 2.60. The molecule has 1 aliphatic carbocycles. The first-order valence-corrected chi connectivity index (χ1v) is 9.35. The number of carbonyl (C=O) groups excluding carboxylic acids is 2. The van der Waals surface area contributed by atoms with Gasteiger partial charge >= 0.3 is 0 Å². The summed E-state index contributed by atoms with van der Waals surface area (Å²) in [5, 5.41) is 5.62. The highest BCUT2D eigenvalue weighted by molar-refractivity contribution is 5.92. The van der Waals surface area contributed by atoms with E-state index in [1.807, 2.05) is 0 Å². The highest BCUT2D eigenvalue weighted by atomic mass is 19.1. The largest absolute Gasteiger partial charge is 0.493 e. The molecule has 0 aliphatic heterocycles. The summed E-state index contributed by atoms with van der Waals surface area (Å²) >= 11 is 0. The van der Waals surface area contributed by atoms with Crippen LogP contribution < -0.4 is 20.1 Å². The van der Waals surface area contributed by atoms with E-state index in [2.05, 4.69) is 10.6 Å². The summed E-state index contributed by atoms with van der Waals surface area (Å²) in [4.78, 5) is 24.0. The maximum atomic E-state index is 12.9. The lowest BCUT2D eigenvalue weighted by Gasteiger charge is -2.13. The van der Waals surface area contributed by atoms with Crippen LogP contribution in [-0.2, 0) is 9.59 Å². The molecule has 2 amide bonds. The Morgan fingerprint density at radius 2 is 1.86 bits per heavy atom. The van der Waals surface area contributed by atoms with Crippen molar-refractivity contribution in [3.63, 3.8) is 0 Å². The van der Waals surface area contributed by atoms with Gasteiger partial charge in [0.25, 0.3) is 5.91 Å². The fraction of sp³-hybridized carbons (Fsp3) is 0.273. The van der Waals surface area contributed by atoms with E-state index in [9.17, 15) is 14.0 Å². The molecule has 1 saturated carbocycles. The van der Waals surface area contributed by atoms with Crippen LogP contribution in [0.3, 0.4) is 0 Å². The van der Waals surface area contributed by atoms with Gasteiger partial charge in [-0.1, -0.05) is 24.3 Å². The zero-order chi connectivity index (χ0) is 20.6. The third-order valence-corrected chi connectivity index (χ3v) is 4.23. The molecule has 6 nitrogen and oxygen atoms in total. The van der Waals surface area contributed by atoms with Gasteiger partial charge in [-0.25, -0.2) is 4.39 Å². The maximum absolute atomic E-state index is 12.9. The van der Waals surface area contributed by atoms with Crippen LogP contribution in [0.25, 0.3) is 6.08 Å². The quantitative estimate of drug-likeness (QED) is 0.678. The molecule has 2 aromatic carbocycles. The van der Waals surface area contributed by atoms with Crippen molar-refractivity contribution >= 4 is 23.6 Å². The molecule has 29 heavy (non-hydrogen) atoms. The van der Waals surface area contributed by atoms with Gasteiger partial charge in [-0.2, -0.15) is 0 Å². The summed E-state index contributed by atoms with van der Waals surface area (Å²) in [6.45, 7) is -0.120. The first-order valence-electron chi connectivity index (χ1n) is 9.35. The Morgan fingerprint density at radius 1 is 1.10 bits per heavy atom. The predicted octanol–water partition coefficient (Wildman–Crippen LogP) is 3.53. The van der Waals surface area contributed by atoms with E-state index >= 15 is 0 Å². The van der Waals surface area contributed by atoms with E-state index in [-0.39, 0.29) is 36.7 Å². The number of methoxy groups -OCH3 is 1. The second kappa shape index (κ2) is 9.73. The predicted molar refractivity (Wildman–Crippen MR) is 108 cm³/mol. The van der Waals surface area contributed by atoms with Gasteiger partial charge in [0.05, 0.1) is 7.11 Å². The van der Waals surface area contributed by atoms with Gasteiger partial charge in [-0.05, 0) is 42.7 Å². The topological polar surface area (TPSA) is 76.7 Å². The third kappa shape index (κ3) is 6.64. The Bertz CT molecular complexity index is 892. The minimum Gasteiger partial charge on any atom is -0.493 e. The Hall–Kier alpha value is -3.35. The summed E-state index contributed by atoms with van der Waals surface area (Å²) in [5.41, 5.74) is 1.34. The Morgan fingerprint density at radius 3 is 2.55 bits per heavy atom. The van der Waals surface area contributed by atoms with Gasteiger partial charge in [0, 0.05) is 24.2 Å². The second-order valence-electron chi connectivity index (χ2n) is 6.70. The van der Waals surface area contributed by atoms with E-state index in [0.717, 1.165) is 18.4 Å². The number of benzene rings is 2. The van der Waals surface area contributed by atoms with Gasteiger partial charge in [0.2, 0.25) is 5.91 Å². The van der Waals surface area contributed by atoms with Crippen molar-refractivity contribution in [2.24, 2.45) is 0 Å². The summed E-state index contributed by atoms with van der Waals surface area (Å²) in [5.74, 6) is 0.139. The molecule has 0 bridgehead atoms. The number of carbonyl (C=O) groups is 2. The number of ether oxygens (including phenoxy) is 2. The molecule has 0 saturated heterocycles. The van der Waals surface area contributed by atoms with Crippen molar-refractivity contribution < 1.29 is 23.5 Å². The van der Waals surface area contributed by atoms with Crippen LogP contribution in [0.15, 0.2) is 48.5 Å². The summed E-state index contributed by atoms with van der Waals surface area (Å²) < 4.78 is 23.7. The Balaban J connectivity index is 1.54. The number of hydrogen-bond acceptors (Lipinski definition) is 4. The van der Waals surface area contributed by atoms with E-state index in [1.165, 1.54) is 19.2 Å². The lowest BCUT2D eigenvalue weighted by atomic mass is 10.2. The van der Waals surface area contributed by atoms with Crippen molar-refractivity contribution in [1.29, 1.82) is 0 Å². The average molecular weight is 398 g/mol. The summed E-state index contributed by atoms with van der Waals surface area (Å²) in [6, 6.07) is 11.2. The molecule has 0 unspecified atom stereocenters. The lowest BCUT2D eigenvalue weighted by molar-refractivity contribution is -0.123. The van der Waals surface area contributed by atoms with E-state index in [1.54, 1.807) is 42.5 Å². The molecule has 0 aromatic heterocycles.